The summed E-state index contributed by atoms with van der Waals surface area (Å²) in [5.41, 5.74) is 2.56. The quantitative estimate of drug-likeness (QED) is 0.745. The van der Waals surface area contributed by atoms with E-state index in [9.17, 15) is 13.2 Å². The van der Waals surface area contributed by atoms with E-state index >= 15 is 0 Å². The monoisotopic (exact) mass is 412 g/mol. The highest BCUT2D eigenvalue weighted by Crippen LogP contribution is 2.34. The van der Waals surface area contributed by atoms with Crippen molar-refractivity contribution >= 4 is 21.6 Å². The van der Waals surface area contributed by atoms with Crippen LogP contribution in [-0.4, -0.2) is 44.1 Å². The van der Waals surface area contributed by atoms with Crippen LogP contribution in [0.2, 0.25) is 0 Å². The standard InChI is InChI=1S/C23H28N2O3S/c1-2-21(18-8-4-3-5-9-18)22-10-6-15-24(22)23(26)19-11-13-20(14-12-19)25-16-7-17-29(25,27)28/h3-5,8-9,11-14,21-22H,2,6-7,10,15-17H2,1H3/t21-,22+/m0/s1. The fourth-order valence-corrected chi connectivity index (χ4v) is 6.32. The number of amides is 1. The predicted molar refractivity (Wildman–Crippen MR) is 116 cm³/mol. The minimum Gasteiger partial charge on any atom is -0.335 e. The summed E-state index contributed by atoms with van der Waals surface area (Å²) in [7, 11) is -3.20. The van der Waals surface area contributed by atoms with Crippen molar-refractivity contribution in [3.63, 3.8) is 0 Å². The molecule has 0 aromatic heterocycles. The highest BCUT2D eigenvalue weighted by molar-refractivity contribution is 7.93. The van der Waals surface area contributed by atoms with Gasteiger partial charge in [0, 0.05) is 30.6 Å². The number of rotatable bonds is 5. The third-order valence-corrected chi connectivity index (χ3v) is 8.06. The minimum absolute atomic E-state index is 0.0395. The molecular weight excluding hydrogens is 384 g/mol. The third kappa shape index (κ3) is 3.90. The van der Waals surface area contributed by atoms with Gasteiger partial charge in [0.2, 0.25) is 10.0 Å². The molecule has 1 amide bonds. The number of anilines is 1. The van der Waals surface area contributed by atoms with Crippen molar-refractivity contribution in [2.45, 2.75) is 44.6 Å². The van der Waals surface area contributed by atoms with Crippen molar-refractivity contribution in [2.24, 2.45) is 0 Å². The summed E-state index contributed by atoms with van der Waals surface area (Å²) in [6, 6.07) is 17.7. The van der Waals surface area contributed by atoms with Gasteiger partial charge in [-0.05, 0) is 55.5 Å². The topological polar surface area (TPSA) is 57.7 Å². The van der Waals surface area contributed by atoms with Crippen LogP contribution in [0.25, 0.3) is 0 Å². The lowest BCUT2D eigenvalue weighted by Crippen LogP contribution is -2.39. The van der Waals surface area contributed by atoms with Gasteiger partial charge in [-0.1, -0.05) is 37.3 Å². The van der Waals surface area contributed by atoms with Gasteiger partial charge in [-0.3, -0.25) is 9.10 Å². The number of hydrogen-bond acceptors (Lipinski definition) is 3. The summed E-state index contributed by atoms with van der Waals surface area (Å²) in [5, 5.41) is 0. The van der Waals surface area contributed by atoms with E-state index in [4.69, 9.17) is 0 Å². The molecule has 5 nitrogen and oxygen atoms in total. The van der Waals surface area contributed by atoms with E-state index in [1.165, 1.54) is 9.87 Å². The average molecular weight is 413 g/mol. The summed E-state index contributed by atoms with van der Waals surface area (Å²) in [6.07, 6.45) is 3.67. The molecule has 4 rings (SSSR count). The second-order valence-corrected chi connectivity index (χ2v) is 9.93. The maximum absolute atomic E-state index is 13.3. The lowest BCUT2D eigenvalue weighted by atomic mass is 9.87. The number of sulfonamides is 1. The van der Waals surface area contributed by atoms with E-state index in [2.05, 4.69) is 31.2 Å². The molecule has 0 bridgehead atoms. The number of benzene rings is 2. The Hall–Kier alpha value is -2.34. The average Bonchev–Trinajstić information content (AvgIpc) is 3.35. The summed E-state index contributed by atoms with van der Waals surface area (Å²) in [6.45, 7) is 3.47. The molecule has 0 N–H and O–H groups in total. The summed E-state index contributed by atoms with van der Waals surface area (Å²) < 4.78 is 25.7. The van der Waals surface area contributed by atoms with E-state index in [0.717, 1.165) is 25.8 Å². The van der Waals surface area contributed by atoms with Crippen molar-refractivity contribution in [1.82, 2.24) is 4.90 Å². The summed E-state index contributed by atoms with van der Waals surface area (Å²) in [4.78, 5) is 15.3. The van der Waals surface area contributed by atoms with Crippen LogP contribution in [0.15, 0.2) is 54.6 Å². The molecule has 2 aromatic carbocycles. The molecule has 29 heavy (non-hydrogen) atoms. The minimum atomic E-state index is -3.20. The highest BCUT2D eigenvalue weighted by atomic mass is 32.2. The van der Waals surface area contributed by atoms with Gasteiger partial charge in [-0.25, -0.2) is 8.42 Å². The first-order chi connectivity index (χ1) is 14.0. The Bertz CT molecular complexity index is 957. The van der Waals surface area contributed by atoms with E-state index in [-0.39, 0.29) is 17.7 Å². The van der Waals surface area contributed by atoms with Crippen LogP contribution >= 0.6 is 0 Å². The van der Waals surface area contributed by atoms with Crippen LogP contribution in [0.4, 0.5) is 5.69 Å². The zero-order chi connectivity index (χ0) is 20.4. The first-order valence-corrected chi connectivity index (χ1v) is 12.1. The molecule has 154 valence electrons. The number of nitrogens with zero attached hydrogens (tertiary/aromatic N) is 2. The molecule has 2 aliphatic rings. The Morgan fingerprint density at radius 3 is 2.38 bits per heavy atom. The Labute approximate surface area is 173 Å². The lowest BCUT2D eigenvalue weighted by molar-refractivity contribution is 0.0714. The molecule has 0 spiro atoms. The highest BCUT2D eigenvalue weighted by Gasteiger charge is 2.35. The number of hydrogen-bond donors (Lipinski definition) is 0. The van der Waals surface area contributed by atoms with E-state index in [1.807, 2.05) is 11.0 Å². The molecule has 0 radical (unpaired) electrons. The Kier molecular flexibility index (Phi) is 5.63. The predicted octanol–water partition coefficient (Wildman–Crippen LogP) is 4.02. The molecule has 2 heterocycles. The second-order valence-electron chi connectivity index (χ2n) is 7.92. The normalized spacial score (nSPS) is 22.0. The van der Waals surface area contributed by atoms with Gasteiger partial charge in [0.25, 0.3) is 5.91 Å². The number of carbonyl (C=O) groups is 1. The van der Waals surface area contributed by atoms with Gasteiger partial charge >= 0.3 is 0 Å². The lowest BCUT2D eigenvalue weighted by Gasteiger charge is -2.32. The molecule has 2 fully saturated rings. The van der Waals surface area contributed by atoms with Gasteiger partial charge in [0.05, 0.1) is 11.4 Å². The van der Waals surface area contributed by atoms with Gasteiger partial charge in [-0.15, -0.1) is 0 Å². The van der Waals surface area contributed by atoms with Gasteiger partial charge < -0.3 is 4.90 Å². The Morgan fingerprint density at radius 1 is 1.03 bits per heavy atom. The van der Waals surface area contributed by atoms with E-state index < -0.39 is 10.0 Å². The Balaban J connectivity index is 1.54. The van der Waals surface area contributed by atoms with Gasteiger partial charge in [0.1, 0.15) is 0 Å². The maximum atomic E-state index is 13.3. The van der Waals surface area contributed by atoms with Crippen LogP contribution < -0.4 is 4.31 Å². The zero-order valence-corrected chi connectivity index (χ0v) is 17.6. The van der Waals surface area contributed by atoms with Crippen LogP contribution in [0, 0.1) is 0 Å². The first kappa shape index (κ1) is 20.0. The maximum Gasteiger partial charge on any atom is 0.254 e. The van der Waals surface area contributed by atoms with Crippen molar-refractivity contribution in [3.05, 3.63) is 65.7 Å². The largest absolute Gasteiger partial charge is 0.335 e. The molecule has 2 aliphatic heterocycles. The van der Waals surface area contributed by atoms with E-state index in [1.54, 1.807) is 24.3 Å². The molecule has 0 unspecified atom stereocenters. The molecule has 2 atom stereocenters. The molecular formula is C23H28N2O3S. The second kappa shape index (κ2) is 8.19. The first-order valence-electron chi connectivity index (χ1n) is 10.5. The molecule has 2 aromatic rings. The molecule has 2 saturated heterocycles. The zero-order valence-electron chi connectivity index (χ0n) is 16.8. The van der Waals surface area contributed by atoms with Crippen LogP contribution in [-0.2, 0) is 10.0 Å². The number of carbonyl (C=O) groups excluding carboxylic acids is 1. The molecule has 0 saturated carbocycles. The van der Waals surface area contributed by atoms with Crippen LogP contribution in [0.3, 0.4) is 0 Å². The van der Waals surface area contributed by atoms with Crippen molar-refractivity contribution in [3.8, 4) is 0 Å². The SMILES string of the molecule is CC[C@@H](c1ccccc1)[C@H]1CCCN1C(=O)c1ccc(N2CCCS2(=O)=O)cc1. The van der Waals surface area contributed by atoms with Gasteiger partial charge in [-0.2, -0.15) is 0 Å². The summed E-state index contributed by atoms with van der Waals surface area (Å²) in [5.74, 6) is 0.565. The van der Waals surface area contributed by atoms with E-state index in [0.29, 0.717) is 30.1 Å². The number of likely N-dealkylation sites (tertiary alicyclic amines) is 1. The fraction of sp³-hybridized carbons (Fsp3) is 0.435. The van der Waals surface area contributed by atoms with Crippen molar-refractivity contribution in [1.29, 1.82) is 0 Å². The van der Waals surface area contributed by atoms with Gasteiger partial charge in [0.15, 0.2) is 0 Å². The smallest absolute Gasteiger partial charge is 0.254 e. The van der Waals surface area contributed by atoms with Crippen LogP contribution in [0.5, 0.6) is 0 Å². The summed E-state index contributed by atoms with van der Waals surface area (Å²) >= 11 is 0. The van der Waals surface area contributed by atoms with Crippen molar-refractivity contribution < 1.29 is 13.2 Å². The van der Waals surface area contributed by atoms with Crippen LogP contribution in [0.1, 0.15) is 54.4 Å². The van der Waals surface area contributed by atoms with Crippen molar-refractivity contribution in [2.75, 3.05) is 23.1 Å². The third-order valence-electron chi connectivity index (χ3n) is 6.19. The molecule has 0 aliphatic carbocycles. The Morgan fingerprint density at radius 2 is 1.76 bits per heavy atom. The molecule has 6 heteroatoms. The fourth-order valence-electron chi connectivity index (χ4n) is 4.76.